The molecule has 39 heavy (non-hydrogen) atoms. The summed E-state index contributed by atoms with van der Waals surface area (Å²) in [6.45, 7) is 4.31. The van der Waals surface area contributed by atoms with Gasteiger partial charge in [-0.1, -0.05) is 26.0 Å². The van der Waals surface area contributed by atoms with Gasteiger partial charge >= 0.3 is 12.1 Å². The van der Waals surface area contributed by atoms with Crippen molar-refractivity contribution < 1.29 is 31.8 Å². The van der Waals surface area contributed by atoms with Crippen LogP contribution in [0.15, 0.2) is 66.0 Å². The van der Waals surface area contributed by atoms with Crippen LogP contribution in [0.25, 0.3) is 11.3 Å². The van der Waals surface area contributed by atoms with Crippen LogP contribution >= 0.6 is 11.8 Å². The van der Waals surface area contributed by atoms with Crippen LogP contribution in [0.3, 0.4) is 0 Å². The molecule has 0 bridgehead atoms. The smallest absolute Gasteiger partial charge is 0.433 e. The first-order chi connectivity index (χ1) is 18.5. The summed E-state index contributed by atoms with van der Waals surface area (Å²) in [5, 5.41) is 0.229. The van der Waals surface area contributed by atoms with Gasteiger partial charge in [-0.2, -0.15) is 13.2 Å². The molecule has 3 atom stereocenters. The fourth-order valence-electron chi connectivity index (χ4n) is 5.69. The van der Waals surface area contributed by atoms with E-state index in [-0.39, 0.29) is 23.6 Å². The molecule has 206 valence electrons. The van der Waals surface area contributed by atoms with Gasteiger partial charge in [0.05, 0.1) is 37.8 Å². The molecule has 5 nitrogen and oxygen atoms in total. The number of nitrogens with zero attached hydrogens (tertiary/aromatic N) is 2. The van der Waals surface area contributed by atoms with E-state index < -0.39 is 29.3 Å². The first kappa shape index (κ1) is 27.5. The van der Waals surface area contributed by atoms with E-state index in [9.17, 15) is 22.4 Å². The van der Waals surface area contributed by atoms with E-state index in [1.165, 1.54) is 19.2 Å². The third-order valence-corrected chi connectivity index (χ3v) is 8.38. The lowest BCUT2D eigenvalue weighted by Gasteiger charge is -2.31. The summed E-state index contributed by atoms with van der Waals surface area (Å²) >= 11 is 1.61. The van der Waals surface area contributed by atoms with Crippen molar-refractivity contribution in [3.8, 4) is 5.69 Å². The number of carbonyl (C=O) groups excluding carboxylic acids is 1. The number of carbonyl (C=O) groups is 1. The number of rotatable bonds is 6. The number of hydrogen-bond acceptors (Lipinski definition) is 5. The molecular weight excluding hydrogens is 532 g/mol. The monoisotopic (exact) mass is 560 g/mol. The average Bonchev–Trinajstić information content (AvgIpc) is 3.63. The van der Waals surface area contributed by atoms with Gasteiger partial charge in [-0.05, 0) is 65.9 Å². The highest BCUT2D eigenvalue weighted by Crippen LogP contribution is 2.54. The Bertz CT molecular complexity index is 1400. The molecule has 1 fully saturated rings. The van der Waals surface area contributed by atoms with E-state index in [1.807, 2.05) is 26.0 Å². The minimum Gasteiger partial charge on any atom is -0.469 e. The second-order valence-corrected chi connectivity index (χ2v) is 11.7. The van der Waals surface area contributed by atoms with Gasteiger partial charge in [-0.25, -0.2) is 9.37 Å². The van der Waals surface area contributed by atoms with Crippen LogP contribution in [0.4, 0.5) is 17.6 Å². The maximum atomic E-state index is 13.7. The Kier molecular flexibility index (Phi) is 7.37. The molecule has 2 aliphatic rings. The van der Waals surface area contributed by atoms with Crippen molar-refractivity contribution in [1.82, 2.24) is 9.55 Å². The topological polar surface area (TPSA) is 53.4 Å². The minimum atomic E-state index is -4.56. The van der Waals surface area contributed by atoms with E-state index >= 15 is 0 Å². The van der Waals surface area contributed by atoms with E-state index in [0.29, 0.717) is 18.5 Å². The molecule has 0 saturated heterocycles. The van der Waals surface area contributed by atoms with Gasteiger partial charge in [0, 0.05) is 21.8 Å². The normalized spacial score (nSPS) is 23.0. The van der Waals surface area contributed by atoms with Crippen molar-refractivity contribution in [2.45, 2.75) is 54.5 Å². The SMILES string of the molecule is COC(=O)C1CC[C@@]2(C=C(c3cc(-n4cncc4C(F)(F)F)ccc3SC(C)C)CO2)[C@@H]1c1ccc(F)cc1. The van der Waals surface area contributed by atoms with Crippen LogP contribution in [-0.4, -0.2) is 40.1 Å². The van der Waals surface area contributed by atoms with Crippen LogP contribution in [0, 0.1) is 11.7 Å². The number of alkyl halides is 3. The Morgan fingerprint density at radius 1 is 1.21 bits per heavy atom. The van der Waals surface area contributed by atoms with E-state index in [1.54, 1.807) is 36.0 Å². The van der Waals surface area contributed by atoms with Crippen molar-refractivity contribution in [3.05, 3.63) is 83.7 Å². The Balaban J connectivity index is 1.61. The molecule has 1 unspecified atom stereocenters. The van der Waals surface area contributed by atoms with Gasteiger partial charge in [-0.15, -0.1) is 11.8 Å². The number of thioether (sulfide) groups is 1. The summed E-state index contributed by atoms with van der Waals surface area (Å²) in [7, 11) is 1.35. The zero-order valence-corrected chi connectivity index (χ0v) is 22.5. The molecule has 2 aromatic carbocycles. The minimum absolute atomic E-state index is 0.219. The lowest BCUT2D eigenvalue weighted by molar-refractivity contribution is -0.146. The van der Waals surface area contributed by atoms with Gasteiger partial charge < -0.3 is 9.47 Å². The molecule has 10 heteroatoms. The number of esters is 1. The largest absolute Gasteiger partial charge is 0.469 e. The molecule has 1 aliphatic heterocycles. The Morgan fingerprint density at radius 3 is 2.62 bits per heavy atom. The number of benzene rings is 2. The summed E-state index contributed by atoms with van der Waals surface area (Å²) in [6.07, 6.45) is 0.479. The number of ether oxygens (including phenoxy) is 2. The predicted molar refractivity (Wildman–Crippen MR) is 140 cm³/mol. The van der Waals surface area contributed by atoms with Crippen LogP contribution in [0.5, 0.6) is 0 Å². The molecule has 3 aromatic rings. The fraction of sp³-hybridized carbons (Fsp3) is 0.379. The van der Waals surface area contributed by atoms with Crippen molar-refractivity contribution in [2.75, 3.05) is 13.7 Å². The summed E-state index contributed by atoms with van der Waals surface area (Å²) in [5.74, 6) is -1.62. The molecule has 1 spiro atoms. The quantitative estimate of drug-likeness (QED) is 0.184. The number of methoxy groups -OCH3 is 1. The summed E-state index contributed by atoms with van der Waals surface area (Å²) in [4.78, 5) is 17.4. The van der Waals surface area contributed by atoms with E-state index in [2.05, 4.69) is 4.98 Å². The Labute approximate surface area is 228 Å². The molecule has 1 aromatic heterocycles. The molecule has 5 rings (SSSR count). The highest BCUT2D eigenvalue weighted by molar-refractivity contribution is 8.00. The third kappa shape index (κ3) is 5.24. The molecule has 0 N–H and O–H groups in total. The second kappa shape index (κ2) is 10.5. The first-order valence-corrected chi connectivity index (χ1v) is 13.5. The number of halogens is 4. The molecule has 0 amide bonds. The third-order valence-electron chi connectivity index (χ3n) is 7.30. The van der Waals surface area contributed by atoms with Gasteiger partial charge in [-0.3, -0.25) is 9.36 Å². The van der Waals surface area contributed by atoms with Gasteiger partial charge in [0.1, 0.15) is 11.5 Å². The van der Waals surface area contributed by atoms with Gasteiger partial charge in [0.25, 0.3) is 0 Å². The molecule has 1 saturated carbocycles. The van der Waals surface area contributed by atoms with Crippen LogP contribution < -0.4 is 0 Å². The van der Waals surface area contributed by atoms with E-state index in [4.69, 9.17) is 9.47 Å². The number of aromatic nitrogens is 2. The highest BCUT2D eigenvalue weighted by atomic mass is 32.2. The second-order valence-electron chi connectivity index (χ2n) is 10.1. The van der Waals surface area contributed by atoms with Crippen LogP contribution in [0.1, 0.15) is 49.4 Å². The Morgan fingerprint density at radius 2 is 1.95 bits per heavy atom. The zero-order valence-electron chi connectivity index (χ0n) is 21.7. The Hall–Kier alpha value is -3.11. The van der Waals surface area contributed by atoms with Crippen LogP contribution in [-0.2, 0) is 20.4 Å². The van der Waals surface area contributed by atoms with Gasteiger partial charge in [0.15, 0.2) is 0 Å². The maximum absolute atomic E-state index is 13.7. The lowest BCUT2D eigenvalue weighted by atomic mass is 9.79. The molecular formula is C29H28F4N2O3S. The predicted octanol–water partition coefficient (Wildman–Crippen LogP) is 7.05. The van der Waals surface area contributed by atoms with Crippen LogP contribution in [0.2, 0.25) is 0 Å². The summed E-state index contributed by atoms with van der Waals surface area (Å²) in [6, 6.07) is 11.3. The zero-order chi connectivity index (χ0) is 27.9. The van der Waals surface area contributed by atoms with Crippen molar-refractivity contribution in [1.29, 1.82) is 0 Å². The molecule has 2 heterocycles. The van der Waals surface area contributed by atoms with Crippen molar-refractivity contribution in [2.24, 2.45) is 5.92 Å². The first-order valence-electron chi connectivity index (χ1n) is 12.6. The average molecular weight is 561 g/mol. The van der Waals surface area contributed by atoms with Crippen molar-refractivity contribution >= 4 is 23.3 Å². The number of imidazole rings is 1. The standard InChI is InChI=1S/C29H28F4N2O3S/c1-17(2)39-24-9-8-21(35-16-34-14-25(35)29(31,32)33)12-23(24)19-13-28(38-15-19)11-10-22(27(36)37-3)26(28)18-4-6-20(30)7-5-18/h4-9,12-14,16-17,22,26H,10-11,15H2,1-3H3/t22?,26-,28-/m1/s1. The maximum Gasteiger partial charge on any atom is 0.433 e. The lowest BCUT2D eigenvalue weighted by Crippen LogP contribution is -2.34. The van der Waals surface area contributed by atoms with E-state index in [0.717, 1.165) is 38.7 Å². The number of hydrogen-bond donors (Lipinski definition) is 0. The fourth-order valence-corrected chi connectivity index (χ4v) is 6.66. The summed E-state index contributed by atoms with van der Waals surface area (Å²) < 4.78 is 67.2. The molecule has 1 aliphatic carbocycles. The molecule has 0 radical (unpaired) electrons. The van der Waals surface area contributed by atoms with Gasteiger partial charge in [0.2, 0.25) is 0 Å². The summed E-state index contributed by atoms with van der Waals surface area (Å²) in [5.41, 5.74) is 0.988. The highest BCUT2D eigenvalue weighted by Gasteiger charge is 2.54. The van der Waals surface area contributed by atoms with Crippen molar-refractivity contribution in [3.63, 3.8) is 0 Å².